The van der Waals surface area contributed by atoms with Crippen molar-refractivity contribution in [1.29, 1.82) is 0 Å². The number of piperazine rings is 1. The fourth-order valence-electron chi connectivity index (χ4n) is 9.09. The summed E-state index contributed by atoms with van der Waals surface area (Å²) in [5.41, 5.74) is 5.44. The Hall–Kier alpha value is -5.33. The van der Waals surface area contributed by atoms with E-state index in [4.69, 9.17) is 16.3 Å². The number of amides is 1. The molecule has 3 aliphatic rings. The van der Waals surface area contributed by atoms with Gasteiger partial charge in [-0.05, 0) is 110 Å². The number of rotatable bonds is 14. The third-order valence-electron chi connectivity index (χ3n) is 12.8. The maximum atomic E-state index is 14.0. The van der Waals surface area contributed by atoms with Crippen molar-refractivity contribution in [1.82, 2.24) is 19.6 Å². The average Bonchev–Trinajstić information content (AvgIpc) is 3.75. The molecule has 0 unspecified atom stereocenters. The number of halogens is 1. The van der Waals surface area contributed by atoms with E-state index in [1.165, 1.54) is 41.1 Å². The van der Waals surface area contributed by atoms with E-state index in [1.54, 1.807) is 24.4 Å². The number of anilines is 2. The number of hydrogen-bond acceptors (Lipinski definition) is 11. The van der Waals surface area contributed by atoms with Crippen LogP contribution in [-0.2, 0) is 20.1 Å². The number of nitro groups is 1. The highest BCUT2D eigenvalue weighted by molar-refractivity contribution is 7.99. The lowest BCUT2D eigenvalue weighted by Crippen LogP contribution is -2.47. The number of aromatic nitrogens is 2. The summed E-state index contributed by atoms with van der Waals surface area (Å²) in [6, 6.07) is 20.4. The van der Waals surface area contributed by atoms with Crippen LogP contribution in [0.3, 0.4) is 0 Å². The highest BCUT2D eigenvalue weighted by Gasteiger charge is 2.31. The van der Waals surface area contributed by atoms with Gasteiger partial charge in [0.1, 0.15) is 22.8 Å². The SMILES string of the molecule is CCN=[SH]1(O)CCC(CNc2ccc(S(=O)(=O)NC(=O)c3ccc(N4CCN(CC5=C(c6ccc(Cl)cc6)CC(C)(C)CC5)CC4)cc3Oc3cnc4[nH]ccc4c3)cc2[N+](=O)[O-])CC1. The van der Waals surface area contributed by atoms with Gasteiger partial charge in [0.2, 0.25) is 0 Å². The van der Waals surface area contributed by atoms with Gasteiger partial charge in [0.25, 0.3) is 21.6 Å². The molecule has 3 aromatic carbocycles. The lowest BCUT2D eigenvalue weighted by Gasteiger charge is -2.39. The molecular weight excluding hydrogens is 888 g/mol. The van der Waals surface area contributed by atoms with Crippen LogP contribution in [0.25, 0.3) is 16.6 Å². The van der Waals surface area contributed by atoms with E-state index in [-0.39, 0.29) is 28.3 Å². The average molecular weight is 946 g/mol. The minimum absolute atomic E-state index is 0.0478. The molecule has 0 saturated carbocycles. The number of carbonyl (C=O) groups is 1. The maximum absolute atomic E-state index is 14.0. The van der Waals surface area contributed by atoms with Gasteiger partial charge in [0.15, 0.2) is 0 Å². The minimum atomic E-state index is -4.59. The van der Waals surface area contributed by atoms with Gasteiger partial charge in [-0.3, -0.25) is 24.2 Å². The molecule has 0 spiro atoms. The number of thiol groups is 1. The summed E-state index contributed by atoms with van der Waals surface area (Å²) in [7, 11) is -6.86. The van der Waals surface area contributed by atoms with Crippen molar-refractivity contribution in [2.45, 2.75) is 57.8 Å². The molecule has 18 heteroatoms. The number of benzene rings is 3. The van der Waals surface area contributed by atoms with Crippen LogP contribution >= 0.6 is 11.6 Å². The molecule has 2 fully saturated rings. The van der Waals surface area contributed by atoms with Gasteiger partial charge in [-0.15, -0.1) is 10.1 Å². The zero-order valence-electron chi connectivity index (χ0n) is 36.9. The largest absolute Gasteiger partial charge is 0.455 e. The van der Waals surface area contributed by atoms with Crippen molar-refractivity contribution < 1.29 is 27.4 Å². The van der Waals surface area contributed by atoms with Crippen LogP contribution in [0.1, 0.15) is 68.8 Å². The fraction of sp³-hybridized carbons (Fsp3) is 0.404. The van der Waals surface area contributed by atoms with Crippen LogP contribution in [0.5, 0.6) is 11.5 Å². The second-order valence-electron chi connectivity index (χ2n) is 18.0. The van der Waals surface area contributed by atoms with E-state index in [9.17, 15) is 27.9 Å². The summed E-state index contributed by atoms with van der Waals surface area (Å²) in [6.07, 6.45) is 7.93. The topological polar surface area (TPSA) is 195 Å². The summed E-state index contributed by atoms with van der Waals surface area (Å²) < 4.78 is 51.1. The number of aromatic amines is 1. The molecule has 346 valence electrons. The Labute approximate surface area is 386 Å². The molecule has 8 rings (SSSR count). The van der Waals surface area contributed by atoms with Gasteiger partial charge < -0.3 is 24.5 Å². The number of nitrogens with zero attached hydrogens (tertiary/aromatic N) is 5. The number of nitrogens with one attached hydrogen (secondary N) is 3. The van der Waals surface area contributed by atoms with Crippen molar-refractivity contribution in [3.8, 4) is 11.5 Å². The van der Waals surface area contributed by atoms with E-state index in [1.807, 2.05) is 25.1 Å². The number of hydrogen-bond donors (Lipinski definition) is 5. The molecule has 4 heterocycles. The second-order valence-corrected chi connectivity index (χ2v) is 23.1. The molecule has 1 aliphatic carbocycles. The van der Waals surface area contributed by atoms with Crippen LogP contribution in [0, 0.1) is 21.4 Å². The standard InChI is InChI=1S/C47H57ClN8O7S2/c1-4-52-64(60)23-15-32(16-24-64)29-50-42-12-10-39(27-43(42)56(58)59)65(61,62)53-46(57)40-11-9-37(26-44(40)63-38-25-34-14-18-49-45(34)51-30-38)55-21-19-54(20-22-55)31-35-13-17-47(2,3)28-41(35)33-5-7-36(48)8-6-33/h5-12,14,18,25-27,30,32,50,64H,4,13,15-17,19-24,28-29,31H2,1-3H3,(H,49,51)(H,52,60)(H,53,57). The second kappa shape index (κ2) is 19.3. The van der Waals surface area contributed by atoms with Crippen LogP contribution in [0.2, 0.25) is 5.02 Å². The number of H-pyrrole nitrogens is 1. The zero-order chi connectivity index (χ0) is 45.9. The number of pyridine rings is 1. The molecule has 1 amide bonds. The summed E-state index contributed by atoms with van der Waals surface area (Å²) in [4.78, 5) is 37.3. The lowest BCUT2D eigenvalue weighted by molar-refractivity contribution is -0.384. The molecule has 0 bridgehead atoms. The number of allylic oxidation sites excluding steroid dienone is 1. The quantitative estimate of drug-likeness (QED) is 0.0405. The summed E-state index contributed by atoms with van der Waals surface area (Å²) >= 11 is 6.25. The fourth-order valence-corrected chi connectivity index (χ4v) is 12.8. The Kier molecular flexibility index (Phi) is 13.7. The van der Waals surface area contributed by atoms with Crippen molar-refractivity contribution in [3.05, 3.63) is 117 Å². The number of nitro benzene ring substituents is 1. The molecular formula is C47H57ClN8O7S2. The van der Waals surface area contributed by atoms with E-state index < -0.39 is 41.5 Å². The third kappa shape index (κ3) is 11.0. The van der Waals surface area contributed by atoms with Crippen molar-refractivity contribution in [3.63, 3.8) is 0 Å². The first-order valence-electron chi connectivity index (χ1n) is 22.1. The van der Waals surface area contributed by atoms with Gasteiger partial charge in [0.05, 0.1) is 21.6 Å². The number of fused-ring (bicyclic) bond motifs is 1. The highest BCUT2D eigenvalue weighted by atomic mass is 35.5. The van der Waals surface area contributed by atoms with Crippen LogP contribution < -0.4 is 19.7 Å². The highest BCUT2D eigenvalue weighted by Crippen LogP contribution is 2.43. The Balaban J connectivity index is 0.985. The molecule has 15 nitrogen and oxygen atoms in total. The Morgan fingerprint density at radius 2 is 1.82 bits per heavy atom. The molecule has 0 radical (unpaired) electrons. The summed E-state index contributed by atoms with van der Waals surface area (Å²) in [5.74, 6) is 0.897. The van der Waals surface area contributed by atoms with E-state index >= 15 is 0 Å². The van der Waals surface area contributed by atoms with Gasteiger partial charge in [-0.25, -0.2) is 18.1 Å². The number of carbonyl (C=O) groups excluding carboxylic acids is 1. The normalized spacial score (nSPS) is 19.4. The van der Waals surface area contributed by atoms with E-state index in [0.717, 1.165) is 87.0 Å². The molecule has 4 N–H and O–H groups in total. The predicted octanol–water partition coefficient (Wildman–Crippen LogP) is 9.21. The first kappa shape index (κ1) is 46.2. The van der Waals surface area contributed by atoms with Gasteiger partial charge in [-0.2, -0.15) is 0 Å². The first-order valence-corrected chi connectivity index (χ1v) is 26.1. The molecule has 65 heavy (non-hydrogen) atoms. The van der Waals surface area contributed by atoms with Crippen molar-refractivity contribution in [2.24, 2.45) is 15.7 Å². The predicted molar refractivity (Wildman–Crippen MR) is 260 cm³/mol. The Morgan fingerprint density at radius 3 is 2.54 bits per heavy atom. The van der Waals surface area contributed by atoms with E-state index in [2.05, 4.69) is 60.1 Å². The van der Waals surface area contributed by atoms with Crippen molar-refractivity contribution in [2.75, 3.05) is 67.5 Å². The van der Waals surface area contributed by atoms with Crippen LogP contribution in [-0.4, -0.2) is 96.0 Å². The molecule has 2 saturated heterocycles. The Morgan fingerprint density at radius 1 is 1.06 bits per heavy atom. The number of ether oxygens (including phenoxy) is 1. The van der Waals surface area contributed by atoms with Crippen LogP contribution in [0.4, 0.5) is 17.1 Å². The molecule has 5 aromatic rings. The molecule has 0 atom stereocenters. The van der Waals surface area contributed by atoms with Crippen molar-refractivity contribution >= 4 is 71.3 Å². The Bertz CT molecular complexity index is 2770. The van der Waals surface area contributed by atoms with E-state index in [0.29, 0.717) is 36.0 Å². The maximum Gasteiger partial charge on any atom is 0.293 e. The van der Waals surface area contributed by atoms with Crippen LogP contribution in [0.15, 0.2) is 100 Å². The van der Waals surface area contributed by atoms with Gasteiger partial charge >= 0.3 is 0 Å². The minimum Gasteiger partial charge on any atom is -0.455 e. The molecule has 2 aromatic heterocycles. The zero-order valence-corrected chi connectivity index (χ0v) is 39.4. The summed E-state index contributed by atoms with van der Waals surface area (Å²) in [6.45, 7) is 11.5. The lowest BCUT2D eigenvalue weighted by atomic mass is 9.72. The van der Waals surface area contributed by atoms with Gasteiger partial charge in [0, 0.05) is 91.7 Å². The third-order valence-corrected chi connectivity index (χ3v) is 17.2. The smallest absolute Gasteiger partial charge is 0.293 e. The monoisotopic (exact) mass is 944 g/mol. The number of sulfonamides is 1. The molecule has 2 aliphatic heterocycles. The van der Waals surface area contributed by atoms with Gasteiger partial charge in [-0.1, -0.05) is 43.2 Å². The first-order chi connectivity index (χ1) is 31.1. The summed E-state index contributed by atoms with van der Waals surface area (Å²) in [5, 5.41) is 16.8.